The van der Waals surface area contributed by atoms with Crippen LogP contribution in [-0.2, 0) is 20.8 Å². The number of carbonyl (C=O) groups is 3. The summed E-state index contributed by atoms with van der Waals surface area (Å²) in [5.74, 6) is 0.0523. The van der Waals surface area contributed by atoms with Gasteiger partial charge in [-0.1, -0.05) is 13.8 Å². The molecule has 1 aromatic rings. The fourth-order valence-corrected chi connectivity index (χ4v) is 3.46. The highest BCUT2D eigenvalue weighted by molar-refractivity contribution is 6.01. The van der Waals surface area contributed by atoms with Crippen LogP contribution in [0.25, 0.3) is 0 Å². The molecule has 3 amide bonds. The number of fused-ring (bicyclic) bond motifs is 1. The van der Waals surface area contributed by atoms with Gasteiger partial charge in [0, 0.05) is 44.4 Å². The largest absolute Gasteiger partial charge is 0.356 e. The number of nitrogens with one attached hydrogen (secondary N) is 1. The third-order valence-electron chi connectivity index (χ3n) is 4.83. The lowest BCUT2D eigenvalue weighted by molar-refractivity contribution is -0.126. The van der Waals surface area contributed by atoms with Crippen LogP contribution in [0.4, 0.5) is 11.4 Å². The smallest absolute Gasteiger partial charge is 0.227 e. The summed E-state index contributed by atoms with van der Waals surface area (Å²) in [6, 6.07) is 5.75. The van der Waals surface area contributed by atoms with Gasteiger partial charge in [0.05, 0.1) is 5.92 Å². The topological polar surface area (TPSA) is 69.7 Å². The minimum absolute atomic E-state index is 0.0222. The van der Waals surface area contributed by atoms with Crippen molar-refractivity contribution >= 4 is 29.1 Å². The van der Waals surface area contributed by atoms with Gasteiger partial charge in [0.1, 0.15) is 0 Å². The zero-order valence-corrected chi connectivity index (χ0v) is 15.0. The molecule has 3 rings (SSSR count). The lowest BCUT2D eigenvalue weighted by Gasteiger charge is -2.19. The molecule has 0 aliphatic carbocycles. The Hall–Kier alpha value is -2.37. The Bertz CT molecular complexity index is 714. The lowest BCUT2D eigenvalue weighted by Crippen LogP contribution is -2.35. The second kappa shape index (κ2) is 6.86. The molecule has 0 aromatic heterocycles. The third-order valence-corrected chi connectivity index (χ3v) is 4.83. The standard InChI is InChI=1S/C19H25N3O3/c1-12(2)10-20-19(25)15-9-18(24)22(11-15)16-4-5-17-14(8-16)6-7-21(17)13(3)23/h4-5,8,12,15H,6-7,9-11H2,1-3H3,(H,20,25). The van der Waals surface area contributed by atoms with Crippen LogP contribution < -0.4 is 15.1 Å². The van der Waals surface area contributed by atoms with E-state index in [0.29, 0.717) is 25.6 Å². The molecule has 0 bridgehead atoms. The molecule has 1 aromatic carbocycles. The molecule has 0 radical (unpaired) electrons. The monoisotopic (exact) mass is 343 g/mol. The lowest BCUT2D eigenvalue weighted by atomic mass is 10.1. The number of carbonyl (C=O) groups excluding carboxylic acids is 3. The molecule has 1 saturated heterocycles. The first-order valence-electron chi connectivity index (χ1n) is 8.86. The van der Waals surface area contributed by atoms with Gasteiger partial charge in [-0.3, -0.25) is 14.4 Å². The SMILES string of the molecule is CC(=O)N1CCc2cc(N3CC(C(=O)NCC(C)C)CC3=O)ccc21. The zero-order valence-electron chi connectivity index (χ0n) is 15.0. The van der Waals surface area contributed by atoms with Gasteiger partial charge in [0.25, 0.3) is 0 Å². The highest BCUT2D eigenvalue weighted by Crippen LogP contribution is 2.34. The van der Waals surface area contributed by atoms with Crippen LogP contribution >= 0.6 is 0 Å². The number of nitrogens with zero attached hydrogens (tertiary/aromatic N) is 2. The molecule has 6 nitrogen and oxygen atoms in total. The van der Waals surface area contributed by atoms with Crippen molar-refractivity contribution in [2.75, 3.05) is 29.4 Å². The molecule has 0 saturated carbocycles. The Morgan fingerprint density at radius 3 is 2.76 bits per heavy atom. The highest BCUT2D eigenvalue weighted by Gasteiger charge is 2.35. The summed E-state index contributed by atoms with van der Waals surface area (Å²) in [4.78, 5) is 39.7. The van der Waals surface area contributed by atoms with Crippen LogP contribution in [-0.4, -0.2) is 37.4 Å². The van der Waals surface area contributed by atoms with Gasteiger partial charge >= 0.3 is 0 Å². The number of anilines is 2. The first-order valence-corrected chi connectivity index (χ1v) is 8.86. The minimum Gasteiger partial charge on any atom is -0.356 e. The number of hydrogen-bond acceptors (Lipinski definition) is 3. The second-order valence-electron chi connectivity index (χ2n) is 7.28. The molecule has 1 unspecified atom stereocenters. The van der Waals surface area contributed by atoms with Gasteiger partial charge < -0.3 is 15.1 Å². The summed E-state index contributed by atoms with van der Waals surface area (Å²) >= 11 is 0. The summed E-state index contributed by atoms with van der Waals surface area (Å²) in [5, 5.41) is 2.91. The van der Waals surface area contributed by atoms with Crippen molar-refractivity contribution in [1.29, 1.82) is 0 Å². The molecule has 1 atom stereocenters. The van der Waals surface area contributed by atoms with Crippen LogP contribution in [0.15, 0.2) is 18.2 Å². The fraction of sp³-hybridized carbons (Fsp3) is 0.526. The van der Waals surface area contributed by atoms with Gasteiger partial charge in [-0.15, -0.1) is 0 Å². The van der Waals surface area contributed by atoms with Gasteiger partial charge in [-0.25, -0.2) is 0 Å². The maximum absolute atomic E-state index is 12.4. The van der Waals surface area contributed by atoms with Crippen LogP contribution in [0, 0.1) is 11.8 Å². The maximum atomic E-state index is 12.4. The van der Waals surface area contributed by atoms with Crippen LogP contribution in [0.1, 0.15) is 32.8 Å². The molecule has 2 aliphatic rings. The number of rotatable bonds is 4. The number of benzene rings is 1. The van der Waals surface area contributed by atoms with Crippen LogP contribution in [0.5, 0.6) is 0 Å². The third kappa shape index (κ3) is 3.52. The molecule has 6 heteroatoms. The van der Waals surface area contributed by atoms with E-state index in [-0.39, 0.29) is 30.1 Å². The average Bonchev–Trinajstić information content (AvgIpc) is 3.15. The Morgan fingerprint density at radius 2 is 2.08 bits per heavy atom. The molecule has 1 N–H and O–H groups in total. The van der Waals surface area contributed by atoms with E-state index >= 15 is 0 Å². The zero-order chi connectivity index (χ0) is 18.1. The van der Waals surface area contributed by atoms with E-state index in [1.165, 1.54) is 0 Å². The van der Waals surface area contributed by atoms with Crippen molar-refractivity contribution in [3.05, 3.63) is 23.8 Å². The first-order chi connectivity index (χ1) is 11.9. The van der Waals surface area contributed by atoms with Crippen molar-refractivity contribution < 1.29 is 14.4 Å². The molecule has 2 aliphatic heterocycles. The van der Waals surface area contributed by atoms with E-state index in [4.69, 9.17) is 0 Å². The van der Waals surface area contributed by atoms with E-state index < -0.39 is 0 Å². The number of amides is 3. The van der Waals surface area contributed by atoms with E-state index in [0.717, 1.165) is 23.4 Å². The van der Waals surface area contributed by atoms with E-state index in [2.05, 4.69) is 5.32 Å². The van der Waals surface area contributed by atoms with E-state index in [1.807, 2.05) is 32.0 Å². The Labute approximate surface area is 148 Å². The summed E-state index contributed by atoms with van der Waals surface area (Å²) in [6.07, 6.45) is 1.05. The van der Waals surface area contributed by atoms with Crippen molar-refractivity contribution in [3.63, 3.8) is 0 Å². The van der Waals surface area contributed by atoms with Crippen molar-refractivity contribution in [2.24, 2.45) is 11.8 Å². The van der Waals surface area contributed by atoms with Gasteiger partial charge in [0.15, 0.2) is 0 Å². The van der Waals surface area contributed by atoms with Crippen molar-refractivity contribution in [2.45, 2.75) is 33.6 Å². The van der Waals surface area contributed by atoms with Crippen LogP contribution in [0.2, 0.25) is 0 Å². The maximum Gasteiger partial charge on any atom is 0.227 e. The minimum atomic E-state index is -0.298. The number of hydrogen-bond donors (Lipinski definition) is 1. The van der Waals surface area contributed by atoms with E-state index in [1.54, 1.807) is 16.7 Å². The molecule has 0 spiro atoms. The fourth-order valence-electron chi connectivity index (χ4n) is 3.46. The Kier molecular flexibility index (Phi) is 4.79. The normalized spacial score (nSPS) is 19.5. The Balaban J connectivity index is 1.72. The van der Waals surface area contributed by atoms with Crippen molar-refractivity contribution in [3.8, 4) is 0 Å². The first kappa shape index (κ1) is 17.5. The average molecular weight is 343 g/mol. The Morgan fingerprint density at radius 1 is 1.32 bits per heavy atom. The van der Waals surface area contributed by atoms with Gasteiger partial charge in [-0.2, -0.15) is 0 Å². The van der Waals surface area contributed by atoms with E-state index in [9.17, 15) is 14.4 Å². The summed E-state index contributed by atoms with van der Waals surface area (Å²) in [5.41, 5.74) is 2.82. The second-order valence-corrected chi connectivity index (χ2v) is 7.28. The molecule has 2 heterocycles. The molecule has 134 valence electrons. The molecular formula is C19H25N3O3. The predicted molar refractivity (Wildman–Crippen MR) is 96.5 cm³/mol. The quantitative estimate of drug-likeness (QED) is 0.905. The summed E-state index contributed by atoms with van der Waals surface area (Å²) in [7, 11) is 0. The van der Waals surface area contributed by atoms with Gasteiger partial charge in [0.2, 0.25) is 17.7 Å². The van der Waals surface area contributed by atoms with Crippen LogP contribution in [0.3, 0.4) is 0 Å². The highest BCUT2D eigenvalue weighted by atomic mass is 16.2. The molecule has 1 fully saturated rings. The van der Waals surface area contributed by atoms with Gasteiger partial charge in [-0.05, 0) is 36.1 Å². The molecular weight excluding hydrogens is 318 g/mol. The summed E-state index contributed by atoms with van der Waals surface area (Å²) in [6.45, 7) is 7.37. The van der Waals surface area contributed by atoms with Crippen molar-refractivity contribution in [1.82, 2.24) is 5.32 Å². The summed E-state index contributed by atoms with van der Waals surface area (Å²) < 4.78 is 0. The predicted octanol–water partition coefficient (Wildman–Crippen LogP) is 1.72. The molecule has 25 heavy (non-hydrogen) atoms.